The van der Waals surface area contributed by atoms with Crippen LogP contribution in [0.2, 0.25) is 0 Å². The molecule has 1 aromatic rings. The van der Waals surface area contributed by atoms with Gasteiger partial charge in [0, 0.05) is 12.0 Å². The van der Waals surface area contributed by atoms with Gasteiger partial charge in [0.25, 0.3) is 5.91 Å². The van der Waals surface area contributed by atoms with Gasteiger partial charge in [-0.1, -0.05) is 20.3 Å². The second-order valence-corrected chi connectivity index (χ2v) is 6.79. The zero-order valence-corrected chi connectivity index (χ0v) is 16.4. The fourth-order valence-electron chi connectivity index (χ4n) is 3.04. The summed E-state index contributed by atoms with van der Waals surface area (Å²) < 4.78 is 5.58. The van der Waals surface area contributed by atoms with Crippen LogP contribution in [-0.2, 0) is 14.4 Å². The number of amides is 2. The van der Waals surface area contributed by atoms with Crippen molar-refractivity contribution in [3.63, 3.8) is 0 Å². The molecule has 1 aliphatic heterocycles. The first-order valence-electron chi connectivity index (χ1n) is 9.45. The minimum absolute atomic E-state index is 0.0605. The molecule has 2 atom stereocenters. The van der Waals surface area contributed by atoms with Gasteiger partial charge < -0.3 is 15.2 Å². The monoisotopic (exact) mass is 390 g/mol. The van der Waals surface area contributed by atoms with Crippen LogP contribution >= 0.6 is 0 Å². The number of ether oxygens (including phenoxy) is 1. The van der Waals surface area contributed by atoms with Crippen molar-refractivity contribution in [2.75, 3.05) is 11.4 Å². The SMILES string of the molecule is CCCC(=O)c1ccc2c(c1)N(CC(=O)NC(CCC)C(=O)O)C(=O)C(C)O2. The molecule has 1 aliphatic rings. The van der Waals surface area contributed by atoms with Crippen molar-refractivity contribution in [1.82, 2.24) is 5.32 Å². The second-order valence-electron chi connectivity index (χ2n) is 6.79. The summed E-state index contributed by atoms with van der Waals surface area (Å²) in [6.45, 7) is 4.94. The molecule has 1 aromatic carbocycles. The van der Waals surface area contributed by atoms with Crippen molar-refractivity contribution in [2.24, 2.45) is 0 Å². The van der Waals surface area contributed by atoms with E-state index >= 15 is 0 Å². The molecule has 8 nitrogen and oxygen atoms in total. The summed E-state index contributed by atoms with van der Waals surface area (Å²) in [4.78, 5) is 49.7. The van der Waals surface area contributed by atoms with E-state index < -0.39 is 29.9 Å². The predicted molar refractivity (Wildman–Crippen MR) is 103 cm³/mol. The van der Waals surface area contributed by atoms with Gasteiger partial charge in [-0.2, -0.15) is 0 Å². The van der Waals surface area contributed by atoms with E-state index in [0.29, 0.717) is 42.7 Å². The van der Waals surface area contributed by atoms with Gasteiger partial charge in [0.1, 0.15) is 18.3 Å². The number of hydrogen-bond acceptors (Lipinski definition) is 5. The highest BCUT2D eigenvalue weighted by Crippen LogP contribution is 2.35. The third kappa shape index (κ3) is 4.88. The number of nitrogens with one attached hydrogen (secondary N) is 1. The number of fused-ring (bicyclic) bond motifs is 1. The Balaban J connectivity index is 2.27. The van der Waals surface area contributed by atoms with Crippen molar-refractivity contribution in [3.8, 4) is 5.75 Å². The largest absolute Gasteiger partial charge is 0.480 e. The molecule has 1 heterocycles. The lowest BCUT2D eigenvalue weighted by Gasteiger charge is -2.33. The van der Waals surface area contributed by atoms with E-state index in [4.69, 9.17) is 4.74 Å². The van der Waals surface area contributed by atoms with Crippen LogP contribution in [0.3, 0.4) is 0 Å². The van der Waals surface area contributed by atoms with Gasteiger partial charge in [0.05, 0.1) is 5.69 Å². The molecule has 2 unspecified atom stereocenters. The van der Waals surface area contributed by atoms with Crippen molar-refractivity contribution in [1.29, 1.82) is 0 Å². The lowest BCUT2D eigenvalue weighted by atomic mass is 10.0. The molecule has 2 rings (SSSR count). The normalized spacial score (nSPS) is 16.8. The van der Waals surface area contributed by atoms with Crippen LogP contribution in [-0.4, -0.2) is 47.4 Å². The molecule has 0 saturated heterocycles. The van der Waals surface area contributed by atoms with Crippen LogP contribution < -0.4 is 15.0 Å². The average Bonchev–Trinajstić information content (AvgIpc) is 2.65. The van der Waals surface area contributed by atoms with E-state index in [9.17, 15) is 24.3 Å². The molecule has 28 heavy (non-hydrogen) atoms. The maximum atomic E-state index is 12.6. The summed E-state index contributed by atoms with van der Waals surface area (Å²) >= 11 is 0. The first-order chi connectivity index (χ1) is 13.3. The molecule has 8 heteroatoms. The van der Waals surface area contributed by atoms with E-state index in [1.54, 1.807) is 25.1 Å². The van der Waals surface area contributed by atoms with E-state index in [1.807, 2.05) is 13.8 Å². The van der Waals surface area contributed by atoms with Crippen LogP contribution in [0.15, 0.2) is 18.2 Å². The summed E-state index contributed by atoms with van der Waals surface area (Å²) in [5, 5.41) is 11.7. The van der Waals surface area contributed by atoms with Gasteiger partial charge in [-0.25, -0.2) is 4.79 Å². The summed E-state index contributed by atoms with van der Waals surface area (Å²) in [6, 6.07) is 3.79. The molecule has 0 aliphatic carbocycles. The molecular weight excluding hydrogens is 364 g/mol. The van der Waals surface area contributed by atoms with Crippen LogP contribution in [0.25, 0.3) is 0 Å². The number of benzene rings is 1. The summed E-state index contributed by atoms with van der Waals surface area (Å²) in [5.74, 6) is -1.79. The number of carbonyl (C=O) groups is 4. The van der Waals surface area contributed by atoms with E-state index in [2.05, 4.69) is 5.32 Å². The number of Topliss-reactive ketones (excluding diaryl/α,β-unsaturated/α-hetero) is 1. The molecule has 0 aromatic heterocycles. The van der Waals surface area contributed by atoms with Gasteiger partial charge in [0.2, 0.25) is 5.91 Å². The summed E-state index contributed by atoms with van der Waals surface area (Å²) in [5.41, 5.74) is 0.772. The second kappa shape index (κ2) is 9.34. The Morgan fingerprint density at radius 3 is 2.57 bits per heavy atom. The maximum absolute atomic E-state index is 12.6. The number of carboxylic acids is 1. The smallest absolute Gasteiger partial charge is 0.326 e. The minimum Gasteiger partial charge on any atom is -0.480 e. The Hall–Kier alpha value is -2.90. The number of nitrogens with zero attached hydrogens (tertiary/aromatic N) is 1. The van der Waals surface area contributed by atoms with E-state index in [0.717, 1.165) is 0 Å². The highest BCUT2D eigenvalue weighted by atomic mass is 16.5. The first kappa shape index (κ1) is 21.4. The van der Waals surface area contributed by atoms with Crippen LogP contribution in [0.1, 0.15) is 56.8 Å². The topological polar surface area (TPSA) is 113 Å². The molecule has 152 valence electrons. The van der Waals surface area contributed by atoms with E-state index in [-0.39, 0.29) is 12.3 Å². The number of hydrogen-bond donors (Lipinski definition) is 2. The zero-order chi connectivity index (χ0) is 20.8. The van der Waals surface area contributed by atoms with Crippen molar-refractivity contribution >= 4 is 29.3 Å². The predicted octanol–water partition coefficient (Wildman–Crippen LogP) is 2.15. The van der Waals surface area contributed by atoms with Gasteiger partial charge in [-0.3, -0.25) is 19.3 Å². The number of rotatable bonds is 9. The van der Waals surface area contributed by atoms with Crippen LogP contribution in [0, 0.1) is 0 Å². The fraction of sp³-hybridized carbons (Fsp3) is 0.500. The van der Waals surface area contributed by atoms with Crippen molar-refractivity contribution < 1.29 is 29.0 Å². The van der Waals surface area contributed by atoms with Gasteiger partial charge in [0.15, 0.2) is 11.9 Å². The number of anilines is 1. The number of carboxylic acid groups (broad SMARTS) is 1. The number of ketones is 1. The Morgan fingerprint density at radius 1 is 1.25 bits per heavy atom. The lowest BCUT2D eigenvalue weighted by molar-refractivity contribution is -0.141. The molecule has 2 amide bonds. The fourth-order valence-corrected chi connectivity index (χ4v) is 3.04. The highest BCUT2D eigenvalue weighted by molar-refractivity contribution is 6.05. The molecule has 0 fully saturated rings. The third-order valence-electron chi connectivity index (χ3n) is 4.48. The van der Waals surface area contributed by atoms with E-state index in [1.165, 1.54) is 4.90 Å². The maximum Gasteiger partial charge on any atom is 0.326 e. The third-order valence-corrected chi connectivity index (χ3v) is 4.48. The van der Waals surface area contributed by atoms with Gasteiger partial charge in [-0.15, -0.1) is 0 Å². The van der Waals surface area contributed by atoms with Crippen molar-refractivity contribution in [2.45, 2.75) is 58.6 Å². The first-order valence-corrected chi connectivity index (χ1v) is 9.45. The molecule has 0 bridgehead atoms. The van der Waals surface area contributed by atoms with Crippen molar-refractivity contribution in [3.05, 3.63) is 23.8 Å². The highest BCUT2D eigenvalue weighted by Gasteiger charge is 2.34. The Labute approximate surface area is 163 Å². The van der Waals surface area contributed by atoms with Crippen LogP contribution in [0.5, 0.6) is 5.75 Å². The Morgan fingerprint density at radius 2 is 1.96 bits per heavy atom. The molecule has 0 radical (unpaired) electrons. The Bertz CT molecular complexity index is 776. The lowest BCUT2D eigenvalue weighted by Crippen LogP contribution is -2.51. The quantitative estimate of drug-likeness (QED) is 0.625. The molecule has 0 spiro atoms. The molecular formula is C20H26N2O6. The minimum atomic E-state index is -1.12. The Kier molecular flexibility index (Phi) is 7.14. The number of carbonyl (C=O) groups excluding carboxylic acids is 3. The van der Waals surface area contributed by atoms with Crippen LogP contribution in [0.4, 0.5) is 5.69 Å². The number of aliphatic carboxylic acids is 1. The molecule has 2 N–H and O–H groups in total. The molecule has 0 saturated carbocycles. The van der Waals surface area contributed by atoms with Gasteiger partial charge in [-0.05, 0) is 38.0 Å². The summed E-state index contributed by atoms with van der Waals surface area (Å²) in [7, 11) is 0. The standard InChI is InChI=1S/C20H26N2O6/c1-4-6-14(20(26)27)21-18(24)11-22-15-10-13(16(23)7-5-2)8-9-17(15)28-12(3)19(22)25/h8-10,12,14H,4-7,11H2,1-3H3,(H,21,24)(H,26,27). The van der Waals surface area contributed by atoms with Gasteiger partial charge >= 0.3 is 5.97 Å². The summed E-state index contributed by atoms with van der Waals surface area (Å²) in [6.07, 6.45) is 1.17. The average molecular weight is 390 g/mol. The zero-order valence-electron chi connectivity index (χ0n) is 16.4.